The van der Waals surface area contributed by atoms with Gasteiger partial charge in [-0.1, -0.05) is 23.6 Å². The van der Waals surface area contributed by atoms with Gasteiger partial charge in [0, 0.05) is 11.9 Å². The number of ether oxygens (including phenoxy) is 1. The maximum atomic E-state index is 11.7. The first-order valence-corrected chi connectivity index (χ1v) is 7.32. The highest BCUT2D eigenvalue weighted by molar-refractivity contribution is 6.32. The Morgan fingerprint density at radius 2 is 2.26 bits per heavy atom. The van der Waals surface area contributed by atoms with Crippen molar-refractivity contribution in [1.82, 2.24) is 10.3 Å². The van der Waals surface area contributed by atoms with E-state index in [1.165, 1.54) is 0 Å². The van der Waals surface area contributed by atoms with Crippen molar-refractivity contribution < 1.29 is 9.53 Å². The maximum absolute atomic E-state index is 11.7. The quantitative estimate of drug-likeness (QED) is 0.826. The van der Waals surface area contributed by atoms with Crippen LogP contribution in [0, 0.1) is 12.3 Å². The minimum absolute atomic E-state index is 0.313. The van der Waals surface area contributed by atoms with Gasteiger partial charge in [-0.2, -0.15) is 0 Å². The van der Waals surface area contributed by atoms with E-state index in [4.69, 9.17) is 22.8 Å². The molecule has 23 heavy (non-hydrogen) atoms. The zero-order valence-corrected chi connectivity index (χ0v) is 13.3. The number of benzene rings is 1. The molecule has 2 aromatic rings. The van der Waals surface area contributed by atoms with Gasteiger partial charge in [0.2, 0.25) is 0 Å². The Morgan fingerprint density at radius 3 is 2.91 bits per heavy atom. The Kier molecular flexibility index (Phi) is 5.84. The summed E-state index contributed by atoms with van der Waals surface area (Å²) in [6, 6.07) is 9.82. The Hall–Kier alpha value is -2.71. The molecule has 0 saturated carbocycles. The molecule has 2 rings (SSSR count). The number of halogens is 1. The predicted molar refractivity (Wildman–Crippen MR) is 90.5 cm³/mol. The van der Waals surface area contributed by atoms with E-state index in [0.29, 0.717) is 23.1 Å². The molecule has 0 radical (unpaired) electrons. The lowest BCUT2D eigenvalue weighted by Crippen LogP contribution is -2.35. The highest BCUT2D eigenvalue weighted by atomic mass is 35.5. The molecule has 1 heterocycles. The lowest BCUT2D eigenvalue weighted by atomic mass is 10.3. The third-order valence-electron chi connectivity index (χ3n) is 2.89. The molecule has 0 bridgehead atoms. The van der Waals surface area contributed by atoms with E-state index < -0.39 is 6.03 Å². The van der Waals surface area contributed by atoms with Crippen LogP contribution in [0.4, 0.5) is 10.5 Å². The fourth-order valence-corrected chi connectivity index (χ4v) is 1.97. The second-order valence-electron chi connectivity index (χ2n) is 4.74. The number of nitrogens with one attached hydrogen (secondary N) is 2. The van der Waals surface area contributed by atoms with Gasteiger partial charge >= 0.3 is 6.03 Å². The maximum Gasteiger partial charge on any atom is 0.320 e. The molecule has 0 aliphatic rings. The van der Waals surface area contributed by atoms with Gasteiger partial charge in [0.1, 0.15) is 12.4 Å². The Morgan fingerprint density at radius 1 is 1.43 bits per heavy atom. The minimum Gasteiger partial charge on any atom is -0.486 e. The molecule has 5 nitrogen and oxygen atoms in total. The summed E-state index contributed by atoms with van der Waals surface area (Å²) in [4.78, 5) is 15.9. The molecule has 1 aromatic heterocycles. The van der Waals surface area contributed by atoms with Crippen molar-refractivity contribution >= 4 is 23.3 Å². The molecule has 2 amide bonds. The molecular formula is C17H16ClN3O2. The van der Waals surface area contributed by atoms with E-state index in [2.05, 4.69) is 21.5 Å². The number of carbonyl (C=O) groups is 1. The fraction of sp³-hybridized carbons (Fsp3) is 0.176. The zero-order valence-electron chi connectivity index (χ0n) is 12.5. The summed E-state index contributed by atoms with van der Waals surface area (Å²) >= 11 is 6.16. The molecule has 1 aromatic carbocycles. The van der Waals surface area contributed by atoms with Crippen LogP contribution in [0.25, 0.3) is 0 Å². The van der Waals surface area contributed by atoms with Crippen LogP contribution in [0.5, 0.6) is 5.75 Å². The van der Waals surface area contributed by atoms with E-state index >= 15 is 0 Å². The van der Waals surface area contributed by atoms with Crippen molar-refractivity contribution in [1.29, 1.82) is 0 Å². The molecule has 0 aliphatic carbocycles. The number of amides is 2. The van der Waals surface area contributed by atoms with Crippen molar-refractivity contribution in [3.8, 4) is 18.1 Å². The second-order valence-corrected chi connectivity index (χ2v) is 5.15. The van der Waals surface area contributed by atoms with Crippen molar-refractivity contribution in [2.75, 3.05) is 5.32 Å². The Bertz CT molecular complexity index is 714. The minimum atomic E-state index is -0.395. The first kappa shape index (κ1) is 16.7. The summed E-state index contributed by atoms with van der Waals surface area (Å²) in [6.07, 6.45) is 6.90. The average Bonchev–Trinajstić information content (AvgIpc) is 2.54. The largest absolute Gasteiger partial charge is 0.486 e. The number of carbonyl (C=O) groups excluding carboxylic acids is 1. The van der Waals surface area contributed by atoms with Gasteiger partial charge in [-0.3, -0.25) is 4.98 Å². The number of aromatic nitrogens is 1. The fourth-order valence-electron chi connectivity index (χ4n) is 1.74. The normalized spacial score (nSPS) is 11.2. The Balaban J connectivity index is 1.95. The molecule has 6 heteroatoms. The van der Waals surface area contributed by atoms with Gasteiger partial charge in [-0.05, 0) is 37.3 Å². The summed E-state index contributed by atoms with van der Waals surface area (Å²) in [5.41, 5.74) is 1.34. The van der Waals surface area contributed by atoms with Crippen LogP contribution in [0.1, 0.15) is 12.6 Å². The lowest BCUT2D eigenvalue weighted by molar-refractivity contribution is 0.251. The van der Waals surface area contributed by atoms with Crippen LogP contribution in [0.3, 0.4) is 0 Å². The van der Waals surface area contributed by atoms with E-state index in [-0.39, 0.29) is 6.04 Å². The number of urea groups is 1. The van der Waals surface area contributed by atoms with Crippen LogP contribution in [0.2, 0.25) is 5.02 Å². The molecule has 0 fully saturated rings. The number of pyridine rings is 1. The first-order chi connectivity index (χ1) is 11.1. The third-order valence-corrected chi connectivity index (χ3v) is 3.18. The number of terminal acetylenes is 1. The van der Waals surface area contributed by atoms with Crippen molar-refractivity contribution in [2.45, 2.75) is 19.6 Å². The summed E-state index contributed by atoms with van der Waals surface area (Å²) < 4.78 is 5.62. The van der Waals surface area contributed by atoms with E-state index in [1.54, 1.807) is 31.3 Å². The molecule has 0 aliphatic heterocycles. The number of anilines is 1. The summed E-state index contributed by atoms with van der Waals surface area (Å²) in [6.45, 7) is 2.02. The molecule has 0 unspecified atom stereocenters. The van der Waals surface area contributed by atoms with Crippen molar-refractivity contribution in [3.05, 3.63) is 53.3 Å². The molecule has 1 atom stereocenters. The van der Waals surface area contributed by atoms with Gasteiger partial charge in [0.25, 0.3) is 0 Å². The van der Waals surface area contributed by atoms with Gasteiger partial charge in [0.05, 0.1) is 16.8 Å². The molecule has 118 valence electrons. The number of hydrogen-bond acceptors (Lipinski definition) is 3. The third kappa shape index (κ3) is 5.20. The summed E-state index contributed by atoms with van der Waals surface area (Å²) in [5.74, 6) is 2.92. The monoisotopic (exact) mass is 329 g/mol. The number of nitrogens with zero attached hydrogens (tertiary/aromatic N) is 1. The SMILES string of the molecule is C#C[C@@H](C)NC(=O)Nc1ccc(OCc2ccccn2)c(Cl)c1. The van der Waals surface area contributed by atoms with Crippen molar-refractivity contribution in [3.63, 3.8) is 0 Å². The van der Waals surface area contributed by atoms with Gasteiger partial charge in [-0.15, -0.1) is 6.42 Å². The molecule has 0 saturated heterocycles. The smallest absolute Gasteiger partial charge is 0.320 e. The van der Waals surface area contributed by atoms with Crippen LogP contribution >= 0.6 is 11.6 Å². The van der Waals surface area contributed by atoms with Crippen LogP contribution in [-0.4, -0.2) is 17.1 Å². The highest BCUT2D eigenvalue weighted by Crippen LogP contribution is 2.28. The molecular weight excluding hydrogens is 314 g/mol. The predicted octanol–water partition coefficient (Wildman–Crippen LogP) is 3.46. The van der Waals surface area contributed by atoms with Gasteiger partial charge in [-0.25, -0.2) is 4.79 Å². The van der Waals surface area contributed by atoms with E-state index in [1.807, 2.05) is 18.2 Å². The average molecular weight is 330 g/mol. The molecule has 0 spiro atoms. The number of rotatable bonds is 5. The highest BCUT2D eigenvalue weighted by Gasteiger charge is 2.08. The van der Waals surface area contributed by atoms with Crippen LogP contribution < -0.4 is 15.4 Å². The molecule has 2 N–H and O–H groups in total. The van der Waals surface area contributed by atoms with Crippen LogP contribution in [0.15, 0.2) is 42.6 Å². The van der Waals surface area contributed by atoms with Crippen LogP contribution in [-0.2, 0) is 6.61 Å². The summed E-state index contributed by atoms with van der Waals surface area (Å²) in [5, 5.41) is 5.63. The van der Waals surface area contributed by atoms with E-state index in [0.717, 1.165) is 5.69 Å². The lowest BCUT2D eigenvalue weighted by Gasteiger charge is -2.12. The summed E-state index contributed by atoms with van der Waals surface area (Å²) in [7, 11) is 0. The standard InChI is InChI=1S/C17H16ClN3O2/c1-3-12(2)20-17(22)21-13-7-8-16(15(18)10-13)23-11-14-6-4-5-9-19-14/h1,4-10,12H,11H2,2H3,(H2,20,21,22)/t12-/m1/s1. The van der Waals surface area contributed by atoms with Gasteiger partial charge in [0.15, 0.2) is 0 Å². The second kappa shape index (κ2) is 8.06. The van der Waals surface area contributed by atoms with Crippen molar-refractivity contribution in [2.24, 2.45) is 0 Å². The van der Waals surface area contributed by atoms with E-state index in [9.17, 15) is 4.79 Å². The topological polar surface area (TPSA) is 63.2 Å². The zero-order chi connectivity index (χ0) is 16.7. The number of hydrogen-bond donors (Lipinski definition) is 2. The Labute approximate surface area is 140 Å². The van der Waals surface area contributed by atoms with Gasteiger partial charge < -0.3 is 15.4 Å². The first-order valence-electron chi connectivity index (χ1n) is 6.94.